The molecule has 1 aliphatic rings. The van der Waals surface area contributed by atoms with Gasteiger partial charge in [-0.2, -0.15) is 5.10 Å². The molecule has 9 nitrogen and oxygen atoms in total. The maximum atomic E-state index is 11.9. The summed E-state index contributed by atoms with van der Waals surface area (Å²) in [6.07, 6.45) is 8.32. The van der Waals surface area contributed by atoms with Crippen molar-refractivity contribution in [1.82, 2.24) is 29.5 Å². The lowest BCUT2D eigenvalue weighted by Crippen LogP contribution is -2.47. The van der Waals surface area contributed by atoms with Crippen molar-refractivity contribution in [1.29, 1.82) is 0 Å². The molecule has 0 amide bonds. The Balaban J connectivity index is 0.000000366. The van der Waals surface area contributed by atoms with Crippen LogP contribution in [0.3, 0.4) is 0 Å². The highest BCUT2D eigenvalue weighted by Crippen LogP contribution is 2.27. The topological polar surface area (TPSA) is 95.6 Å². The zero-order valence-electron chi connectivity index (χ0n) is 21.3. The van der Waals surface area contributed by atoms with E-state index in [0.717, 1.165) is 59.9 Å². The third-order valence-corrected chi connectivity index (χ3v) is 6.37. The maximum Gasteiger partial charge on any atom is 0.225 e. The van der Waals surface area contributed by atoms with Crippen LogP contribution in [0.5, 0.6) is 0 Å². The van der Waals surface area contributed by atoms with E-state index in [0.29, 0.717) is 5.95 Å². The first kappa shape index (κ1) is 25.2. The summed E-state index contributed by atoms with van der Waals surface area (Å²) in [5.41, 5.74) is 4.82. The van der Waals surface area contributed by atoms with Crippen LogP contribution in [0.4, 0.5) is 16.2 Å². The number of anilines is 2. The Morgan fingerprint density at radius 1 is 0.842 bits per heavy atom. The molecule has 4 aromatic heterocycles. The van der Waals surface area contributed by atoms with Gasteiger partial charge in [-0.15, -0.1) is 0 Å². The molecule has 1 atom stereocenters. The molecule has 0 spiro atoms. The number of aliphatic hydroxyl groups excluding tert-OH is 1. The number of piperazine rings is 1. The fourth-order valence-electron chi connectivity index (χ4n) is 4.20. The van der Waals surface area contributed by atoms with E-state index in [4.69, 9.17) is 0 Å². The summed E-state index contributed by atoms with van der Waals surface area (Å²) in [7, 11) is 0. The number of fused-ring (bicyclic) bond motifs is 1. The molecule has 1 fully saturated rings. The van der Waals surface area contributed by atoms with E-state index in [2.05, 4.69) is 47.0 Å². The lowest BCUT2D eigenvalue weighted by molar-refractivity contribution is 0.198. The van der Waals surface area contributed by atoms with Gasteiger partial charge in [0.15, 0.2) is 5.82 Å². The van der Waals surface area contributed by atoms with Gasteiger partial charge in [-0.25, -0.2) is 23.9 Å². The number of hydrogen-bond donors (Lipinski definition) is 1. The number of pyridine rings is 1. The molecular formula is C28H29FN8O. The van der Waals surface area contributed by atoms with Crippen LogP contribution in [-0.4, -0.2) is 60.8 Å². The number of aryl methyl sites for hydroxylation is 1. The normalized spacial score (nSPS) is 14.2. The minimum Gasteiger partial charge on any atom is -0.389 e. The fraction of sp³-hybridized carbons (Fsp3) is 0.250. The number of halogens is 1. The second kappa shape index (κ2) is 11.3. The lowest BCUT2D eigenvalue weighted by Gasteiger charge is -2.35. The first-order chi connectivity index (χ1) is 18.5. The Labute approximate surface area is 220 Å². The molecule has 10 heteroatoms. The highest BCUT2D eigenvalue weighted by Gasteiger charge is 2.22. The first-order valence-corrected chi connectivity index (χ1v) is 12.4. The molecule has 0 bridgehead atoms. The third-order valence-electron chi connectivity index (χ3n) is 6.37. The third kappa shape index (κ3) is 5.76. The molecular weight excluding hydrogens is 483 g/mol. The van der Waals surface area contributed by atoms with Crippen molar-refractivity contribution in [3.63, 3.8) is 0 Å². The number of rotatable bonds is 4. The van der Waals surface area contributed by atoms with Crippen molar-refractivity contribution in [2.75, 3.05) is 36.0 Å². The Morgan fingerprint density at radius 3 is 2.16 bits per heavy atom. The molecule has 0 aliphatic carbocycles. The van der Waals surface area contributed by atoms with E-state index in [1.165, 1.54) is 12.1 Å². The Kier molecular flexibility index (Phi) is 7.50. The van der Waals surface area contributed by atoms with Gasteiger partial charge in [0.25, 0.3) is 0 Å². The summed E-state index contributed by atoms with van der Waals surface area (Å²) in [6, 6.07) is 14.1. The molecule has 5 aromatic rings. The van der Waals surface area contributed by atoms with E-state index >= 15 is 0 Å². The minimum atomic E-state index is -0.561. The molecule has 1 unspecified atom stereocenters. The molecule has 38 heavy (non-hydrogen) atoms. The Morgan fingerprint density at radius 2 is 1.55 bits per heavy atom. The molecule has 6 rings (SSSR count). The number of hydrogen-bond acceptors (Lipinski definition) is 8. The van der Waals surface area contributed by atoms with Gasteiger partial charge >= 0.3 is 0 Å². The van der Waals surface area contributed by atoms with Gasteiger partial charge in [0, 0.05) is 73.4 Å². The predicted molar refractivity (Wildman–Crippen MR) is 144 cm³/mol. The molecule has 194 valence electrons. The summed E-state index contributed by atoms with van der Waals surface area (Å²) < 4.78 is 13.8. The summed E-state index contributed by atoms with van der Waals surface area (Å²) in [6.45, 7) is 6.89. The van der Waals surface area contributed by atoms with Crippen molar-refractivity contribution in [3.05, 3.63) is 96.7 Å². The molecule has 1 aliphatic heterocycles. The molecule has 1 aromatic carbocycles. The van der Waals surface area contributed by atoms with E-state index in [-0.39, 0.29) is 5.82 Å². The Hall–Kier alpha value is -4.44. The van der Waals surface area contributed by atoms with Crippen LogP contribution < -0.4 is 9.80 Å². The minimum absolute atomic E-state index is 0.178. The average molecular weight is 513 g/mol. The standard InChI is InChI=1S/C22H24N8O.C6H5F/c1-15-3-4-17(10-23-15)18-9-20-21(26-14-27-30(20)13-18)28-5-7-29(8-6-28)22-24-11-19(12-25-22)16(2)31;7-6-4-2-1-3-5-6/h3-4,9-14,16,31H,5-8H2,1-2H3;1-5H. The van der Waals surface area contributed by atoms with Gasteiger partial charge in [0.1, 0.15) is 17.7 Å². The number of benzene rings is 1. The van der Waals surface area contributed by atoms with Crippen LogP contribution in [0.2, 0.25) is 0 Å². The van der Waals surface area contributed by atoms with Crippen molar-refractivity contribution < 1.29 is 9.50 Å². The molecule has 1 N–H and O–H groups in total. The van der Waals surface area contributed by atoms with E-state index in [1.54, 1.807) is 43.8 Å². The van der Waals surface area contributed by atoms with Gasteiger partial charge in [-0.3, -0.25) is 4.98 Å². The van der Waals surface area contributed by atoms with Gasteiger partial charge in [0.05, 0.1) is 6.10 Å². The van der Waals surface area contributed by atoms with Crippen molar-refractivity contribution in [3.8, 4) is 11.1 Å². The molecule has 0 radical (unpaired) electrons. The van der Waals surface area contributed by atoms with Crippen LogP contribution in [-0.2, 0) is 0 Å². The lowest BCUT2D eigenvalue weighted by atomic mass is 10.1. The largest absolute Gasteiger partial charge is 0.389 e. The van der Waals surface area contributed by atoms with Crippen LogP contribution in [0, 0.1) is 12.7 Å². The average Bonchev–Trinajstić information content (AvgIpc) is 3.39. The van der Waals surface area contributed by atoms with Crippen LogP contribution in [0.1, 0.15) is 24.3 Å². The number of aromatic nitrogens is 6. The summed E-state index contributed by atoms with van der Waals surface area (Å²) in [4.78, 5) is 22.2. The van der Waals surface area contributed by atoms with Gasteiger partial charge < -0.3 is 14.9 Å². The summed E-state index contributed by atoms with van der Waals surface area (Å²) in [5.74, 6) is 1.43. The highest BCUT2D eigenvalue weighted by atomic mass is 19.1. The zero-order valence-corrected chi connectivity index (χ0v) is 21.3. The fourth-order valence-corrected chi connectivity index (χ4v) is 4.20. The van der Waals surface area contributed by atoms with Gasteiger partial charge in [-0.1, -0.05) is 24.3 Å². The highest BCUT2D eigenvalue weighted by molar-refractivity contribution is 5.77. The monoisotopic (exact) mass is 512 g/mol. The SMILES string of the molecule is Cc1ccc(-c2cc3c(N4CCN(c5ncc(C(C)O)cn5)CC4)ncnn3c2)cn1.Fc1ccccc1. The van der Waals surface area contributed by atoms with Crippen molar-refractivity contribution in [2.45, 2.75) is 20.0 Å². The second-order valence-electron chi connectivity index (χ2n) is 9.09. The van der Waals surface area contributed by atoms with Gasteiger partial charge in [-0.05, 0) is 38.1 Å². The molecule has 1 saturated heterocycles. The van der Waals surface area contributed by atoms with Crippen LogP contribution >= 0.6 is 0 Å². The first-order valence-electron chi connectivity index (χ1n) is 12.4. The van der Waals surface area contributed by atoms with Crippen molar-refractivity contribution >= 4 is 17.3 Å². The number of aliphatic hydroxyl groups is 1. The van der Waals surface area contributed by atoms with E-state index < -0.39 is 6.10 Å². The van der Waals surface area contributed by atoms with Crippen LogP contribution in [0.15, 0.2) is 79.6 Å². The van der Waals surface area contributed by atoms with E-state index in [9.17, 15) is 9.50 Å². The quantitative estimate of drug-likeness (QED) is 0.385. The van der Waals surface area contributed by atoms with E-state index in [1.807, 2.05) is 29.9 Å². The summed E-state index contributed by atoms with van der Waals surface area (Å²) in [5, 5.41) is 14.0. The maximum absolute atomic E-state index is 11.9. The van der Waals surface area contributed by atoms with Gasteiger partial charge in [0.2, 0.25) is 5.95 Å². The van der Waals surface area contributed by atoms with Crippen LogP contribution in [0.25, 0.3) is 16.6 Å². The molecule has 5 heterocycles. The second-order valence-corrected chi connectivity index (χ2v) is 9.09. The molecule has 0 saturated carbocycles. The smallest absolute Gasteiger partial charge is 0.225 e. The predicted octanol–water partition coefficient (Wildman–Crippen LogP) is 4.10. The van der Waals surface area contributed by atoms with Crippen molar-refractivity contribution in [2.24, 2.45) is 0 Å². The summed E-state index contributed by atoms with van der Waals surface area (Å²) >= 11 is 0. The Bertz CT molecular complexity index is 1470. The zero-order chi connectivity index (χ0) is 26.5. The number of nitrogens with zero attached hydrogens (tertiary/aromatic N) is 8.